The van der Waals surface area contributed by atoms with Gasteiger partial charge in [0.2, 0.25) is 0 Å². The van der Waals surface area contributed by atoms with Crippen LogP contribution >= 0.6 is 24.0 Å². The minimum Gasteiger partial charge on any atom is -0.444 e. The summed E-state index contributed by atoms with van der Waals surface area (Å²) >= 11 is 0. The van der Waals surface area contributed by atoms with Gasteiger partial charge in [-0.05, 0) is 50.5 Å². The first-order chi connectivity index (χ1) is 14.7. The van der Waals surface area contributed by atoms with Crippen LogP contribution in [0.3, 0.4) is 0 Å². The summed E-state index contributed by atoms with van der Waals surface area (Å²) in [4.78, 5) is 26.3. The molecule has 32 heavy (non-hydrogen) atoms. The Balaban J connectivity index is 0.00000512. The van der Waals surface area contributed by atoms with Crippen LogP contribution in [0.25, 0.3) is 0 Å². The molecule has 174 valence electrons. The van der Waals surface area contributed by atoms with E-state index in [1.807, 2.05) is 45.0 Å². The molecule has 0 aliphatic carbocycles. The third-order valence-corrected chi connectivity index (χ3v) is 4.14. The first-order valence-corrected chi connectivity index (χ1v) is 9.93. The summed E-state index contributed by atoms with van der Waals surface area (Å²) in [6.07, 6.45) is 0.287. The molecular formula is C22H30IN5O4. The molecule has 1 amide bonds. The van der Waals surface area contributed by atoms with E-state index < -0.39 is 16.6 Å². The van der Waals surface area contributed by atoms with Crippen molar-refractivity contribution in [3.8, 4) is 0 Å². The Kier molecular flexibility index (Phi) is 10.9. The minimum absolute atomic E-state index is 0. The highest BCUT2D eigenvalue weighted by molar-refractivity contribution is 14.0. The number of amides is 1. The number of nitrogens with zero attached hydrogens (tertiary/aromatic N) is 2. The van der Waals surface area contributed by atoms with Crippen LogP contribution < -0.4 is 16.0 Å². The number of anilines is 1. The van der Waals surface area contributed by atoms with Gasteiger partial charge in [0.15, 0.2) is 5.96 Å². The van der Waals surface area contributed by atoms with Crippen molar-refractivity contribution >= 4 is 47.4 Å². The number of carbonyl (C=O) groups is 1. The lowest BCUT2D eigenvalue weighted by Crippen LogP contribution is -2.37. The topological polar surface area (TPSA) is 118 Å². The fourth-order valence-corrected chi connectivity index (χ4v) is 2.64. The van der Waals surface area contributed by atoms with Gasteiger partial charge in [-0.3, -0.25) is 20.4 Å². The lowest BCUT2D eigenvalue weighted by Gasteiger charge is -2.19. The Morgan fingerprint density at radius 2 is 1.62 bits per heavy atom. The lowest BCUT2D eigenvalue weighted by atomic mass is 10.1. The minimum atomic E-state index is -0.541. The number of ether oxygens (including phenoxy) is 1. The number of carbonyl (C=O) groups excluding carboxylic acids is 1. The predicted molar refractivity (Wildman–Crippen MR) is 137 cm³/mol. The van der Waals surface area contributed by atoms with Crippen LogP contribution in [0.2, 0.25) is 0 Å². The molecule has 0 saturated carbocycles. The van der Waals surface area contributed by atoms with Crippen LogP contribution in [0, 0.1) is 10.1 Å². The Hall–Kier alpha value is -2.89. The summed E-state index contributed by atoms with van der Waals surface area (Å²) in [5.74, 6) is 0.640. The number of guanidine groups is 1. The number of nitro benzene ring substituents is 1. The summed E-state index contributed by atoms with van der Waals surface area (Å²) < 4.78 is 5.24. The predicted octanol–water partition coefficient (Wildman–Crippen LogP) is 4.47. The summed E-state index contributed by atoms with van der Waals surface area (Å²) in [5.41, 5.74) is 2.22. The van der Waals surface area contributed by atoms with Crippen molar-refractivity contribution in [2.45, 2.75) is 39.3 Å². The summed E-state index contributed by atoms with van der Waals surface area (Å²) in [7, 11) is 1.68. The normalized spacial score (nSPS) is 11.2. The first kappa shape index (κ1) is 27.1. The summed E-state index contributed by atoms with van der Waals surface area (Å²) in [6, 6.07) is 13.9. The van der Waals surface area contributed by atoms with Crippen LogP contribution in [0.4, 0.5) is 16.2 Å². The standard InChI is InChI=1S/C22H29N5O4.HI/c1-22(2,3)31-21(28)26-18-9-5-16(6-10-18)13-14-24-20(23-4)25-15-17-7-11-19(12-8-17)27(29)30;/h5-12H,13-15H2,1-4H3,(H,26,28)(H2,23,24,25);1H. The monoisotopic (exact) mass is 555 g/mol. The molecule has 2 rings (SSSR count). The van der Waals surface area contributed by atoms with Crippen LogP contribution in [0.15, 0.2) is 53.5 Å². The molecule has 0 aliphatic rings. The number of aliphatic imine (C=N–C) groups is 1. The van der Waals surface area contributed by atoms with Crippen LogP contribution in [0.5, 0.6) is 0 Å². The lowest BCUT2D eigenvalue weighted by molar-refractivity contribution is -0.384. The molecule has 3 N–H and O–H groups in total. The molecule has 2 aromatic rings. The van der Waals surface area contributed by atoms with Gasteiger partial charge in [0, 0.05) is 38.0 Å². The van der Waals surface area contributed by atoms with Crippen molar-refractivity contribution in [1.82, 2.24) is 10.6 Å². The van der Waals surface area contributed by atoms with E-state index in [2.05, 4.69) is 20.9 Å². The van der Waals surface area contributed by atoms with Crippen molar-refractivity contribution in [3.63, 3.8) is 0 Å². The Labute approximate surface area is 205 Å². The van der Waals surface area contributed by atoms with Gasteiger partial charge in [-0.25, -0.2) is 4.79 Å². The van der Waals surface area contributed by atoms with Gasteiger partial charge in [0.1, 0.15) is 5.60 Å². The van der Waals surface area contributed by atoms with E-state index in [1.54, 1.807) is 19.2 Å². The number of hydrogen-bond donors (Lipinski definition) is 3. The zero-order valence-electron chi connectivity index (χ0n) is 18.7. The van der Waals surface area contributed by atoms with E-state index in [4.69, 9.17) is 4.74 Å². The average Bonchev–Trinajstić information content (AvgIpc) is 2.70. The third kappa shape index (κ3) is 9.94. The van der Waals surface area contributed by atoms with Crippen LogP contribution in [-0.2, 0) is 17.7 Å². The molecule has 0 aromatic heterocycles. The molecule has 9 nitrogen and oxygen atoms in total. The maximum absolute atomic E-state index is 11.8. The number of benzene rings is 2. The molecule has 0 bridgehead atoms. The number of non-ortho nitro benzene ring substituents is 1. The summed E-state index contributed by atoms with van der Waals surface area (Å²) in [5, 5.41) is 19.8. The number of hydrogen-bond acceptors (Lipinski definition) is 5. The second-order valence-electron chi connectivity index (χ2n) is 7.85. The average molecular weight is 555 g/mol. The van der Waals surface area contributed by atoms with E-state index in [9.17, 15) is 14.9 Å². The first-order valence-electron chi connectivity index (χ1n) is 9.93. The van der Waals surface area contributed by atoms with Crippen LogP contribution in [-0.4, -0.2) is 36.2 Å². The second-order valence-corrected chi connectivity index (χ2v) is 7.85. The van der Waals surface area contributed by atoms with Gasteiger partial charge < -0.3 is 15.4 Å². The molecule has 2 aromatic carbocycles. The molecule has 0 radical (unpaired) electrons. The molecule has 0 aliphatic heterocycles. The van der Waals surface area contributed by atoms with Gasteiger partial charge in [-0.2, -0.15) is 0 Å². The maximum atomic E-state index is 11.8. The Morgan fingerprint density at radius 3 is 2.16 bits per heavy atom. The highest BCUT2D eigenvalue weighted by Gasteiger charge is 2.16. The van der Waals surface area contributed by atoms with Crippen molar-refractivity contribution in [3.05, 3.63) is 69.8 Å². The quantitative estimate of drug-likeness (QED) is 0.153. The zero-order chi connectivity index (χ0) is 22.9. The molecule has 10 heteroatoms. The van der Waals surface area contributed by atoms with Crippen molar-refractivity contribution in [1.29, 1.82) is 0 Å². The van der Waals surface area contributed by atoms with Gasteiger partial charge in [0.05, 0.1) is 4.92 Å². The fraction of sp³-hybridized carbons (Fsp3) is 0.364. The number of nitrogens with one attached hydrogen (secondary N) is 3. The number of rotatable bonds is 7. The van der Waals surface area contributed by atoms with E-state index >= 15 is 0 Å². The van der Waals surface area contributed by atoms with E-state index in [0.29, 0.717) is 24.7 Å². The largest absolute Gasteiger partial charge is 0.444 e. The maximum Gasteiger partial charge on any atom is 0.412 e. The molecule has 0 unspecified atom stereocenters. The van der Waals surface area contributed by atoms with E-state index in [0.717, 1.165) is 17.5 Å². The highest BCUT2D eigenvalue weighted by atomic mass is 127. The van der Waals surface area contributed by atoms with Gasteiger partial charge >= 0.3 is 6.09 Å². The van der Waals surface area contributed by atoms with E-state index in [1.165, 1.54) is 12.1 Å². The molecule has 0 spiro atoms. The molecule has 0 atom stereocenters. The highest BCUT2D eigenvalue weighted by Crippen LogP contribution is 2.13. The SMILES string of the molecule is CN=C(NCCc1ccc(NC(=O)OC(C)(C)C)cc1)NCc1ccc([N+](=O)[O-])cc1.I. The fourth-order valence-electron chi connectivity index (χ4n) is 2.64. The molecule has 0 saturated heterocycles. The molecule has 0 fully saturated rings. The van der Waals surface area contributed by atoms with Gasteiger partial charge in [-0.1, -0.05) is 24.3 Å². The molecule has 0 heterocycles. The van der Waals surface area contributed by atoms with E-state index in [-0.39, 0.29) is 29.7 Å². The molecular weight excluding hydrogens is 525 g/mol. The third-order valence-electron chi connectivity index (χ3n) is 4.14. The Morgan fingerprint density at radius 1 is 1.03 bits per heavy atom. The zero-order valence-corrected chi connectivity index (χ0v) is 21.0. The smallest absolute Gasteiger partial charge is 0.412 e. The number of halogens is 1. The van der Waals surface area contributed by atoms with Crippen LogP contribution in [0.1, 0.15) is 31.9 Å². The number of nitro groups is 1. The van der Waals surface area contributed by atoms with Crippen molar-refractivity contribution in [2.75, 3.05) is 18.9 Å². The van der Waals surface area contributed by atoms with Crippen molar-refractivity contribution < 1.29 is 14.5 Å². The van der Waals surface area contributed by atoms with Crippen molar-refractivity contribution in [2.24, 2.45) is 4.99 Å². The Bertz CT molecular complexity index is 909. The second kappa shape index (κ2) is 12.8. The van der Waals surface area contributed by atoms with Gasteiger partial charge in [0.25, 0.3) is 5.69 Å². The summed E-state index contributed by atoms with van der Waals surface area (Å²) in [6.45, 7) is 6.62. The van der Waals surface area contributed by atoms with Gasteiger partial charge in [-0.15, -0.1) is 24.0 Å².